The van der Waals surface area contributed by atoms with Crippen LogP contribution in [0.1, 0.15) is 5.69 Å². The second kappa shape index (κ2) is 5.97. The molecule has 26 heavy (non-hydrogen) atoms. The van der Waals surface area contributed by atoms with E-state index in [0.29, 0.717) is 11.6 Å². The van der Waals surface area contributed by atoms with E-state index < -0.39 is 0 Å². The van der Waals surface area contributed by atoms with Crippen LogP contribution in [0.5, 0.6) is 0 Å². The van der Waals surface area contributed by atoms with Crippen molar-refractivity contribution >= 4 is 28.3 Å². The van der Waals surface area contributed by atoms with E-state index in [1.165, 1.54) is 0 Å². The van der Waals surface area contributed by atoms with E-state index in [1.807, 2.05) is 65.2 Å². The van der Waals surface area contributed by atoms with Crippen LogP contribution in [0.4, 0.5) is 0 Å². The first-order valence-electron chi connectivity index (χ1n) is 8.30. The van der Waals surface area contributed by atoms with Gasteiger partial charge in [0.1, 0.15) is 23.2 Å². The molecule has 3 heterocycles. The second-order valence-electron chi connectivity index (χ2n) is 6.07. The quantitative estimate of drug-likeness (QED) is 0.478. The number of fused-ring (bicyclic) bond motifs is 2. The maximum Gasteiger partial charge on any atom is 0.137 e. The Morgan fingerprint density at radius 1 is 0.808 bits per heavy atom. The fourth-order valence-corrected chi connectivity index (χ4v) is 3.32. The first-order valence-corrected chi connectivity index (χ1v) is 8.67. The summed E-state index contributed by atoms with van der Waals surface area (Å²) in [6, 6.07) is 21.7. The van der Waals surface area contributed by atoms with Gasteiger partial charge in [-0.05, 0) is 24.3 Å². The summed E-state index contributed by atoms with van der Waals surface area (Å²) >= 11 is 6.23. The van der Waals surface area contributed by atoms with Crippen LogP contribution in [0.25, 0.3) is 27.9 Å². The van der Waals surface area contributed by atoms with Crippen molar-refractivity contribution < 1.29 is 0 Å². The van der Waals surface area contributed by atoms with E-state index >= 15 is 0 Å². The SMILES string of the molecule is Clc1ccc2nc(-c3ccccc3)c(Cn3nc4ccccc4n3)n2c1. The van der Waals surface area contributed by atoms with Crippen LogP contribution >= 0.6 is 11.6 Å². The summed E-state index contributed by atoms with van der Waals surface area (Å²) in [6.07, 6.45) is 1.88. The van der Waals surface area contributed by atoms with Gasteiger partial charge in [0, 0.05) is 11.8 Å². The minimum atomic E-state index is 0.500. The largest absolute Gasteiger partial charge is 0.300 e. The van der Waals surface area contributed by atoms with E-state index in [2.05, 4.69) is 22.3 Å². The third-order valence-corrected chi connectivity index (χ3v) is 4.57. The Hall–Kier alpha value is -3.18. The highest BCUT2D eigenvalue weighted by atomic mass is 35.5. The fourth-order valence-electron chi connectivity index (χ4n) is 3.15. The standard InChI is InChI=1S/C20H14ClN5/c21-15-10-11-19-22-20(14-6-2-1-3-7-14)18(25(19)12-15)13-26-23-16-8-4-5-9-17(16)24-26/h1-12H,13H2. The summed E-state index contributed by atoms with van der Waals surface area (Å²) in [4.78, 5) is 6.52. The summed E-state index contributed by atoms with van der Waals surface area (Å²) in [6.45, 7) is 0.500. The van der Waals surface area contributed by atoms with Crippen LogP contribution in [-0.2, 0) is 6.54 Å². The molecule has 2 aromatic carbocycles. The Labute approximate surface area is 154 Å². The number of hydrogen-bond acceptors (Lipinski definition) is 3. The van der Waals surface area contributed by atoms with Crippen LogP contribution in [0.15, 0.2) is 72.9 Å². The van der Waals surface area contributed by atoms with Gasteiger partial charge in [-0.3, -0.25) is 4.40 Å². The third kappa shape index (κ3) is 2.53. The smallest absolute Gasteiger partial charge is 0.137 e. The predicted molar refractivity (Wildman–Crippen MR) is 102 cm³/mol. The molecule has 126 valence electrons. The Balaban J connectivity index is 1.70. The van der Waals surface area contributed by atoms with Crippen LogP contribution in [0, 0.1) is 0 Å². The van der Waals surface area contributed by atoms with Gasteiger partial charge in [-0.1, -0.05) is 54.1 Å². The summed E-state index contributed by atoms with van der Waals surface area (Å²) in [5, 5.41) is 9.83. The van der Waals surface area contributed by atoms with Crippen LogP contribution in [-0.4, -0.2) is 24.4 Å². The maximum absolute atomic E-state index is 6.23. The molecule has 0 atom stereocenters. The molecule has 0 aliphatic heterocycles. The summed E-state index contributed by atoms with van der Waals surface area (Å²) in [5.74, 6) is 0. The van der Waals surface area contributed by atoms with Gasteiger partial charge >= 0.3 is 0 Å². The number of benzene rings is 2. The van der Waals surface area contributed by atoms with Crippen molar-refractivity contribution in [3.63, 3.8) is 0 Å². The van der Waals surface area contributed by atoms with Crippen molar-refractivity contribution in [1.29, 1.82) is 0 Å². The molecule has 0 radical (unpaired) electrons. The summed E-state index contributed by atoms with van der Waals surface area (Å²) < 4.78 is 2.01. The third-order valence-electron chi connectivity index (χ3n) is 4.35. The number of aromatic nitrogens is 5. The Morgan fingerprint density at radius 2 is 1.50 bits per heavy atom. The topological polar surface area (TPSA) is 48.0 Å². The molecular weight excluding hydrogens is 346 g/mol. The number of pyridine rings is 1. The highest BCUT2D eigenvalue weighted by molar-refractivity contribution is 6.30. The molecule has 0 N–H and O–H groups in total. The lowest BCUT2D eigenvalue weighted by Gasteiger charge is -2.05. The van der Waals surface area contributed by atoms with Gasteiger partial charge in [0.15, 0.2) is 0 Å². The first-order chi connectivity index (χ1) is 12.8. The normalized spacial score (nSPS) is 11.4. The fraction of sp³-hybridized carbons (Fsp3) is 0.0500. The van der Waals surface area contributed by atoms with Gasteiger partial charge in [0.25, 0.3) is 0 Å². The van der Waals surface area contributed by atoms with Gasteiger partial charge < -0.3 is 0 Å². The highest BCUT2D eigenvalue weighted by Gasteiger charge is 2.16. The molecule has 0 aliphatic carbocycles. The van der Waals surface area contributed by atoms with E-state index in [4.69, 9.17) is 16.6 Å². The Morgan fingerprint density at radius 3 is 2.23 bits per heavy atom. The molecule has 0 bridgehead atoms. The lowest BCUT2D eigenvalue weighted by molar-refractivity contribution is 0.589. The van der Waals surface area contributed by atoms with Crippen molar-refractivity contribution in [2.24, 2.45) is 0 Å². The average molecular weight is 360 g/mol. The van der Waals surface area contributed by atoms with Crippen molar-refractivity contribution in [2.45, 2.75) is 6.54 Å². The molecule has 6 heteroatoms. The molecule has 0 saturated heterocycles. The van der Waals surface area contributed by atoms with E-state index in [-0.39, 0.29) is 0 Å². The number of halogens is 1. The lowest BCUT2D eigenvalue weighted by Crippen LogP contribution is -2.07. The molecule has 5 rings (SSSR count). The molecule has 0 saturated carbocycles. The van der Waals surface area contributed by atoms with Gasteiger partial charge in [0.05, 0.1) is 16.4 Å². The van der Waals surface area contributed by atoms with E-state index in [0.717, 1.165) is 33.6 Å². The zero-order valence-corrected chi connectivity index (χ0v) is 14.5. The van der Waals surface area contributed by atoms with Gasteiger partial charge in [-0.15, -0.1) is 0 Å². The first kappa shape index (κ1) is 15.1. The van der Waals surface area contributed by atoms with Crippen molar-refractivity contribution in [3.05, 3.63) is 83.6 Å². The predicted octanol–water partition coefficient (Wildman–Crippen LogP) is 4.45. The van der Waals surface area contributed by atoms with Gasteiger partial charge in [-0.25, -0.2) is 4.98 Å². The molecule has 0 aliphatic rings. The highest BCUT2D eigenvalue weighted by Crippen LogP contribution is 2.26. The molecule has 0 amide bonds. The maximum atomic E-state index is 6.23. The summed E-state index contributed by atoms with van der Waals surface area (Å²) in [5.41, 5.74) is 5.56. The van der Waals surface area contributed by atoms with E-state index in [9.17, 15) is 0 Å². The Kier molecular flexibility index (Phi) is 3.47. The summed E-state index contributed by atoms with van der Waals surface area (Å²) in [7, 11) is 0. The van der Waals surface area contributed by atoms with Gasteiger partial charge in [0.2, 0.25) is 0 Å². The number of hydrogen-bond donors (Lipinski definition) is 0. The zero-order valence-electron chi connectivity index (χ0n) is 13.7. The van der Waals surface area contributed by atoms with Gasteiger partial charge in [-0.2, -0.15) is 15.0 Å². The number of rotatable bonds is 3. The van der Waals surface area contributed by atoms with Crippen LogP contribution in [0.3, 0.4) is 0 Å². The van der Waals surface area contributed by atoms with Crippen molar-refractivity contribution in [1.82, 2.24) is 24.4 Å². The zero-order chi connectivity index (χ0) is 17.5. The molecule has 3 aromatic heterocycles. The minimum absolute atomic E-state index is 0.500. The molecule has 5 nitrogen and oxygen atoms in total. The lowest BCUT2D eigenvalue weighted by atomic mass is 10.1. The molecular formula is C20H14ClN5. The molecule has 0 unspecified atom stereocenters. The van der Waals surface area contributed by atoms with E-state index in [1.54, 1.807) is 4.80 Å². The van der Waals surface area contributed by atoms with Crippen molar-refractivity contribution in [2.75, 3.05) is 0 Å². The van der Waals surface area contributed by atoms with Crippen LogP contribution in [0.2, 0.25) is 5.02 Å². The number of nitrogens with zero attached hydrogens (tertiary/aromatic N) is 5. The number of imidazole rings is 1. The van der Waals surface area contributed by atoms with Crippen LogP contribution < -0.4 is 0 Å². The average Bonchev–Trinajstić information content (AvgIpc) is 3.24. The second-order valence-corrected chi connectivity index (χ2v) is 6.50. The molecule has 5 aromatic rings. The Bertz CT molecular complexity index is 1190. The minimum Gasteiger partial charge on any atom is -0.300 e. The molecule has 0 spiro atoms. The monoisotopic (exact) mass is 359 g/mol. The molecule has 0 fully saturated rings. The van der Waals surface area contributed by atoms with Crippen molar-refractivity contribution in [3.8, 4) is 11.3 Å².